The summed E-state index contributed by atoms with van der Waals surface area (Å²) in [7, 11) is 0. The third-order valence-electron chi connectivity index (χ3n) is 0.750. The Morgan fingerprint density at radius 2 is 0.800 bits per heavy atom. The molecule has 0 aromatic carbocycles. The Morgan fingerprint density at radius 3 is 1.07 bits per heavy atom. The molecule has 0 radical (unpaired) electrons. The van der Waals surface area contributed by atoms with Crippen LogP contribution in [0.4, 0.5) is 0 Å². The summed E-state index contributed by atoms with van der Waals surface area (Å²) in [5.41, 5.74) is 0. The Labute approximate surface area is 143 Å². The summed E-state index contributed by atoms with van der Waals surface area (Å²) in [5, 5.41) is 0. The standard InChI is InChI=1S/C15H32/c1-3-5-7-9-11-13-15-14-12-10-8-6-4-2/h3-15H2,1-2H3/i1D3,2D3,3D2,4D2,5D2,6D2,7D2,8D2,9D2,10D2,11D2,12D2,13D2,14D2,15D2. The van der Waals surface area contributed by atoms with Gasteiger partial charge >= 0.3 is 0 Å². The molecule has 0 heterocycles. The average molecular weight is 245 g/mol. The van der Waals surface area contributed by atoms with Crippen LogP contribution in [0.15, 0.2) is 0 Å². The van der Waals surface area contributed by atoms with E-state index in [1.54, 1.807) is 0 Å². The van der Waals surface area contributed by atoms with Gasteiger partial charge in [-0.15, -0.1) is 0 Å². The van der Waals surface area contributed by atoms with Crippen LogP contribution in [0.1, 0.15) is 140 Å². The van der Waals surface area contributed by atoms with Crippen LogP contribution in [0.2, 0.25) is 0 Å². The molecule has 0 heteroatoms. The van der Waals surface area contributed by atoms with Gasteiger partial charge in [0.25, 0.3) is 0 Å². The van der Waals surface area contributed by atoms with Crippen molar-refractivity contribution < 1.29 is 43.9 Å². The van der Waals surface area contributed by atoms with Crippen molar-refractivity contribution in [2.75, 3.05) is 0 Å². The first-order valence-corrected chi connectivity index (χ1v) is 3.50. The van der Waals surface area contributed by atoms with Crippen LogP contribution < -0.4 is 0 Å². The normalized spacial score (nSPS) is 56.5. The molecule has 0 rings (SSSR count). The lowest BCUT2D eigenvalue weighted by molar-refractivity contribution is 0.542. The molecule has 0 fully saturated rings. The molecular weight excluding hydrogens is 180 g/mol. The summed E-state index contributed by atoms with van der Waals surface area (Å²) in [5.74, 6) is 0. The van der Waals surface area contributed by atoms with Gasteiger partial charge in [0, 0.05) is 43.9 Å². The van der Waals surface area contributed by atoms with Crippen LogP contribution in [0.3, 0.4) is 0 Å². The van der Waals surface area contributed by atoms with Crippen LogP contribution >= 0.6 is 0 Å². The molecule has 0 aromatic heterocycles. The molecule has 0 nitrogen and oxygen atoms in total. The van der Waals surface area contributed by atoms with E-state index in [2.05, 4.69) is 0 Å². The minimum atomic E-state index is -5.06. The van der Waals surface area contributed by atoms with Crippen molar-refractivity contribution in [1.82, 2.24) is 0 Å². The third kappa shape index (κ3) is 14.0. The second-order valence-corrected chi connectivity index (χ2v) is 1.62. The lowest BCUT2D eigenvalue weighted by Gasteiger charge is -2.01. The smallest absolute Gasteiger partial charge is 0.0267 e. The summed E-state index contributed by atoms with van der Waals surface area (Å²) in [6, 6.07) is 0. The Morgan fingerprint density at radius 1 is 0.533 bits per heavy atom. The molecule has 0 aliphatic carbocycles. The fourth-order valence-electron chi connectivity index (χ4n) is 0.344. The molecule has 0 aliphatic heterocycles. The van der Waals surface area contributed by atoms with Gasteiger partial charge in [-0.1, -0.05) is 96.6 Å². The van der Waals surface area contributed by atoms with Crippen LogP contribution in [0.25, 0.3) is 0 Å². The van der Waals surface area contributed by atoms with E-state index in [1.807, 2.05) is 0 Å². The van der Waals surface area contributed by atoms with Gasteiger partial charge in [-0.3, -0.25) is 0 Å². The lowest BCUT2D eigenvalue weighted by atomic mass is 10.1. The molecule has 0 saturated heterocycles. The van der Waals surface area contributed by atoms with Gasteiger partial charge in [0.2, 0.25) is 0 Å². The molecule has 0 spiro atoms. The molecule has 0 atom stereocenters. The number of rotatable bonds is 12. The van der Waals surface area contributed by atoms with Gasteiger partial charge in [0.05, 0.1) is 0 Å². The highest BCUT2D eigenvalue weighted by Crippen LogP contribution is 2.12. The monoisotopic (exact) mass is 244 g/mol. The van der Waals surface area contributed by atoms with Crippen molar-refractivity contribution >= 4 is 0 Å². The summed E-state index contributed by atoms with van der Waals surface area (Å²) in [6.45, 7) is -8.17. The van der Waals surface area contributed by atoms with Crippen molar-refractivity contribution in [2.45, 2.75) is 96.6 Å². The summed E-state index contributed by atoms with van der Waals surface area (Å²) >= 11 is 0. The van der Waals surface area contributed by atoms with Crippen molar-refractivity contribution in [3.05, 3.63) is 0 Å². The summed E-state index contributed by atoms with van der Waals surface area (Å²) in [4.78, 5) is 0. The lowest BCUT2D eigenvalue weighted by Crippen LogP contribution is -1.82. The first-order valence-electron chi connectivity index (χ1n) is 19.5. The van der Waals surface area contributed by atoms with Gasteiger partial charge in [0.15, 0.2) is 0 Å². The van der Waals surface area contributed by atoms with Crippen molar-refractivity contribution in [2.24, 2.45) is 0 Å². The van der Waals surface area contributed by atoms with E-state index >= 15 is 0 Å². The van der Waals surface area contributed by atoms with E-state index in [0.717, 1.165) is 0 Å². The molecule has 0 amide bonds. The Hall–Kier alpha value is 0. The van der Waals surface area contributed by atoms with Crippen LogP contribution in [0.5, 0.6) is 0 Å². The quantitative estimate of drug-likeness (QED) is 0.389. The van der Waals surface area contributed by atoms with Gasteiger partial charge in [-0.2, -0.15) is 0 Å². The van der Waals surface area contributed by atoms with E-state index in [4.69, 9.17) is 43.9 Å². The zero-order valence-corrected chi connectivity index (χ0v) is 7.50. The minimum Gasteiger partial charge on any atom is -0.0654 e. The maximum absolute atomic E-state index is 8.11. The molecule has 0 aromatic rings. The second kappa shape index (κ2) is 14.0. The van der Waals surface area contributed by atoms with Crippen molar-refractivity contribution in [3.8, 4) is 0 Å². The molecule has 0 unspecified atom stereocenters. The predicted octanol–water partition coefficient (Wildman–Crippen LogP) is 6.10. The van der Waals surface area contributed by atoms with E-state index in [0.29, 0.717) is 0 Å². The summed E-state index contributed by atoms with van der Waals surface area (Å²) < 4.78 is 250. The molecule has 0 N–H and O–H groups in total. The molecule has 15 heavy (non-hydrogen) atoms. The largest absolute Gasteiger partial charge is 0.0654 e. The zero-order chi connectivity index (χ0) is 39.5. The van der Waals surface area contributed by atoms with Crippen LogP contribution in [0, 0.1) is 0 Å². The van der Waals surface area contributed by atoms with Crippen molar-refractivity contribution in [3.63, 3.8) is 0 Å². The zero-order valence-electron chi connectivity index (χ0n) is 39.5. The van der Waals surface area contributed by atoms with Crippen LogP contribution in [-0.4, -0.2) is 0 Å². The summed E-state index contributed by atoms with van der Waals surface area (Å²) in [6.07, 6.45) is -62.6. The molecule has 92 valence electrons. The molecule has 0 aliphatic rings. The molecular formula is C15H32. The van der Waals surface area contributed by atoms with Gasteiger partial charge < -0.3 is 0 Å². The Bertz CT molecular complexity index is 1050. The second-order valence-electron chi connectivity index (χ2n) is 1.62. The first-order chi connectivity index (χ1) is 19.5. The van der Waals surface area contributed by atoms with Gasteiger partial charge in [0.1, 0.15) is 0 Å². The first kappa shape index (κ1) is 1.39. The topological polar surface area (TPSA) is 0 Å². The highest BCUT2D eigenvalue weighted by atomic mass is 14.0. The predicted molar refractivity (Wildman–Crippen MR) is 71.4 cm³/mol. The van der Waals surface area contributed by atoms with Crippen molar-refractivity contribution in [1.29, 1.82) is 0 Å². The maximum Gasteiger partial charge on any atom is 0.0267 e. The van der Waals surface area contributed by atoms with Gasteiger partial charge in [-0.05, 0) is 0 Å². The Balaban J connectivity index is 7.61. The number of hydrogen-bond donors (Lipinski definition) is 0. The SMILES string of the molecule is [2H]C([2H])([2H])C([2H])([2H])C([2H])([2H])C([2H])([2H])C([2H])([2H])C([2H])([2H])C([2H])([2H])C([2H])([2H])C([2H])([2H])C([2H])([2H])C([2H])([2H])C([2H])([2H])C([2H])([2H])C([2H])([2H])C([2H])([2H])[2H]. The Kier molecular flexibility index (Phi) is 1.30. The van der Waals surface area contributed by atoms with Crippen LogP contribution in [-0.2, 0) is 0 Å². The highest BCUT2D eigenvalue weighted by molar-refractivity contribution is 4.47. The van der Waals surface area contributed by atoms with E-state index in [-0.39, 0.29) is 0 Å². The highest BCUT2D eigenvalue weighted by Gasteiger charge is 1.92. The van der Waals surface area contributed by atoms with E-state index < -0.39 is 96.6 Å². The third-order valence-corrected chi connectivity index (χ3v) is 0.750. The average Bonchev–Trinajstić information content (AvgIpc) is 2.80. The fraction of sp³-hybridized carbons (Fsp3) is 1.00. The number of hydrogen-bond acceptors (Lipinski definition) is 0. The molecule has 0 saturated carbocycles. The van der Waals surface area contributed by atoms with Gasteiger partial charge in [-0.25, -0.2) is 0 Å². The van der Waals surface area contributed by atoms with E-state index in [9.17, 15) is 0 Å². The molecule has 0 bridgehead atoms. The minimum absolute atomic E-state index is 4.08. The maximum atomic E-state index is 8.11. The fourth-order valence-corrected chi connectivity index (χ4v) is 0.344. The van der Waals surface area contributed by atoms with E-state index in [1.165, 1.54) is 0 Å².